The standard InChI is InChI=1S/C21H22N6O/c1-16-4-2-3-5-17(16)6-9-21(28)24-15-14-23-19-7-8-20(27-26-19)25-18-10-12-22-13-11-18/h2-13H,14-15H2,1H3,(H,23,26)(H,24,28)(H,22,25,27)/b9-6+. The Morgan fingerprint density at radius 2 is 1.71 bits per heavy atom. The van der Waals surface area contributed by atoms with Gasteiger partial charge in [-0.1, -0.05) is 24.3 Å². The van der Waals surface area contributed by atoms with Crippen LogP contribution in [0.25, 0.3) is 6.08 Å². The fourth-order valence-corrected chi connectivity index (χ4v) is 2.45. The van der Waals surface area contributed by atoms with Crippen LogP contribution < -0.4 is 16.0 Å². The summed E-state index contributed by atoms with van der Waals surface area (Å²) in [5.41, 5.74) is 3.06. The van der Waals surface area contributed by atoms with Crippen LogP contribution in [0, 0.1) is 6.92 Å². The lowest BCUT2D eigenvalue weighted by Gasteiger charge is -2.07. The number of carbonyl (C=O) groups excluding carboxylic acids is 1. The molecule has 142 valence electrons. The monoisotopic (exact) mass is 374 g/mol. The van der Waals surface area contributed by atoms with E-state index < -0.39 is 0 Å². The van der Waals surface area contributed by atoms with E-state index >= 15 is 0 Å². The zero-order valence-corrected chi connectivity index (χ0v) is 15.6. The second-order valence-corrected chi connectivity index (χ2v) is 6.07. The van der Waals surface area contributed by atoms with E-state index in [9.17, 15) is 4.79 Å². The number of hydrogen-bond donors (Lipinski definition) is 3. The molecule has 3 aromatic rings. The number of anilines is 3. The molecule has 1 aromatic carbocycles. The molecule has 0 spiro atoms. The number of pyridine rings is 1. The van der Waals surface area contributed by atoms with Crippen LogP contribution >= 0.6 is 0 Å². The molecule has 3 N–H and O–H groups in total. The van der Waals surface area contributed by atoms with Crippen molar-refractivity contribution in [2.75, 3.05) is 23.7 Å². The Labute approximate surface area is 163 Å². The molecule has 0 saturated heterocycles. The zero-order valence-electron chi connectivity index (χ0n) is 15.6. The van der Waals surface area contributed by atoms with E-state index in [4.69, 9.17) is 0 Å². The number of aryl methyl sites for hydroxylation is 1. The van der Waals surface area contributed by atoms with Gasteiger partial charge < -0.3 is 16.0 Å². The summed E-state index contributed by atoms with van der Waals surface area (Å²) in [6.45, 7) is 3.05. The van der Waals surface area contributed by atoms with Crippen molar-refractivity contribution in [1.82, 2.24) is 20.5 Å². The zero-order chi connectivity index (χ0) is 19.6. The van der Waals surface area contributed by atoms with Crippen LogP contribution in [0.5, 0.6) is 0 Å². The summed E-state index contributed by atoms with van der Waals surface area (Å²) in [4.78, 5) is 15.9. The molecule has 0 aliphatic rings. The highest BCUT2D eigenvalue weighted by atomic mass is 16.1. The van der Waals surface area contributed by atoms with Crippen LogP contribution in [0.15, 0.2) is 67.0 Å². The van der Waals surface area contributed by atoms with Crippen molar-refractivity contribution >= 4 is 29.3 Å². The van der Waals surface area contributed by atoms with Gasteiger partial charge in [0.2, 0.25) is 5.91 Å². The van der Waals surface area contributed by atoms with Gasteiger partial charge in [-0.05, 0) is 48.4 Å². The van der Waals surface area contributed by atoms with E-state index in [1.807, 2.05) is 61.5 Å². The van der Waals surface area contributed by atoms with E-state index in [1.165, 1.54) is 0 Å². The second kappa shape index (κ2) is 9.82. The highest BCUT2D eigenvalue weighted by Crippen LogP contribution is 2.13. The van der Waals surface area contributed by atoms with Gasteiger partial charge in [0.05, 0.1) is 0 Å². The Balaban J connectivity index is 1.39. The summed E-state index contributed by atoms with van der Waals surface area (Å²) in [7, 11) is 0. The number of amides is 1. The fourth-order valence-electron chi connectivity index (χ4n) is 2.45. The maximum absolute atomic E-state index is 11.9. The Kier molecular flexibility index (Phi) is 6.67. The van der Waals surface area contributed by atoms with Gasteiger partial charge in [0.15, 0.2) is 5.82 Å². The lowest BCUT2D eigenvalue weighted by Crippen LogP contribution is -2.27. The highest BCUT2D eigenvalue weighted by Gasteiger charge is 2.00. The predicted molar refractivity (Wildman–Crippen MR) is 111 cm³/mol. The molecule has 0 aliphatic heterocycles. The molecule has 7 nitrogen and oxygen atoms in total. The minimum atomic E-state index is -0.131. The molecule has 3 rings (SSSR count). The maximum atomic E-state index is 11.9. The van der Waals surface area contributed by atoms with Crippen LogP contribution in [0.3, 0.4) is 0 Å². The van der Waals surface area contributed by atoms with E-state index in [1.54, 1.807) is 18.5 Å². The summed E-state index contributed by atoms with van der Waals surface area (Å²) in [6.07, 6.45) is 6.77. The van der Waals surface area contributed by atoms with Crippen LogP contribution in [-0.4, -0.2) is 34.2 Å². The molecule has 0 unspecified atom stereocenters. The first kappa shape index (κ1) is 19.0. The number of rotatable bonds is 8. The van der Waals surface area contributed by atoms with Crippen molar-refractivity contribution in [1.29, 1.82) is 0 Å². The third-order valence-corrected chi connectivity index (χ3v) is 3.95. The number of nitrogens with zero attached hydrogens (tertiary/aromatic N) is 3. The van der Waals surface area contributed by atoms with Crippen molar-refractivity contribution in [3.63, 3.8) is 0 Å². The molecule has 2 aromatic heterocycles. The normalized spacial score (nSPS) is 10.6. The van der Waals surface area contributed by atoms with Crippen LogP contribution in [0.1, 0.15) is 11.1 Å². The molecule has 28 heavy (non-hydrogen) atoms. The molecule has 0 radical (unpaired) electrons. The fraction of sp³-hybridized carbons (Fsp3) is 0.143. The lowest BCUT2D eigenvalue weighted by atomic mass is 10.1. The predicted octanol–water partition coefficient (Wildman–Crippen LogP) is 3.17. The smallest absolute Gasteiger partial charge is 0.244 e. The quantitative estimate of drug-likeness (QED) is 0.414. The second-order valence-electron chi connectivity index (χ2n) is 6.07. The Morgan fingerprint density at radius 3 is 2.46 bits per heavy atom. The van der Waals surface area contributed by atoms with Crippen LogP contribution in [0.2, 0.25) is 0 Å². The Bertz CT molecular complexity index is 925. The van der Waals surface area contributed by atoms with Gasteiger partial charge in [-0.15, -0.1) is 10.2 Å². The van der Waals surface area contributed by atoms with E-state index in [-0.39, 0.29) is 5.91 Å². The first-order valence-corrected chi connectivity index (χ1v) is 8.97. The summed E-state index contributed by atoms with van der Waals surface area (Å²) in [6, 6.07) is 15.3. The summed E-state index contributed by atoms with van der Waals surface area (Å²) in [5, 5.41) is 17.3. The number of carbonyl (C=O) groups is 1. The molecule has 0 fully saturated rings. The van der Waals surface area contributed by atoms with Gasteiger partial charge in [-0.2, -0.15) is 0 Å². The molecule has 0 atom stereocenters. The SMILES string of the molecule is Cc1ccccc1/C=C/C(=O)NCCNc1ccc(Nc2ccncc2)nn1. The average molecular weight is 374 g/mol. The topological polar surface area (TPSA) is 91.8 Å². The van der Waals surface area contributed by atoms with Crippen molar-refractivity contribution in [3.05, 3.63) is 78.1 Å². The third kappa shape index (κ3) is 5.91. The summed E-state index contributed by atoms with van der Waals surface area (Å²) < 4.78 is 0. The molecule has 2 heterocycles. The van der Waals surface area contributed by atoms with Gasteiger partial charge in [0.25, 0.3) is 0 Å². The molecule has 0 bridgehead atoms. The van der Waals surface area contributed by atoms with Crippen molar-refractivity contribution in [2.45, 2.75) is 6.92 Å². The molecule has 1 amide bonds. The molecule has 0 aliphatic carbocycles. The van der Waals surface area contributed by atoms with Crippen molar-refractivity contribution in [3.8, 4) is 0 Å². The number of hydrogen-bond acceptors (Lipinski definition) is 6. The van der Waals surface area contributed by atoms with E-state index in [0.717, 1.165) is 16.8 Å². The Morgan fingerprint density at radius 1 is 0.964 bits per heavy atom. The lowest BCUT2D eigenvalue weighted by molar-refractivity contribution is -0.116. The van der Waals surface area contributed by atoms with Crippen LogP contribution in [0.4, 0.5) is 17.3 Å². The minimum absolute atomic E-state index is 0.131. The first-order chi connectivity index (χ1) is 13.7. The van der Waals surface area contributed by atoms with Gasteiger partial charge in [-0.3, -0.25) is 9.78 Å². The molecule has 7 heteroatoms. The number of aromatic nitrogens is 3. The van der Waals surface area contributed by atoms with Crippen LogP contribution in [-0.2, 0) is 4.79 Å². The minimum Gasteiger partial charge on any atom is -0.367 e. The largest absolute Gasteiger partial charge is 0.367 e. The molecular formula is C21H22N6O. The van der Waals surface area contributed by atoms with Gasteiger partial charge in [-0.25, -0.2) is 0 Å². The summed E-state index contributed by atoms with van der Waals surface area (Å²) in [5.74, 6) is 1.16. The van der Waals surface area contributed by atoms with Crippen molar-refractivity contribution in [2.24, 2.45) is 0 Å². The summed E-state index contributed by atoms with van der Waals surface area (Å²) >= 11 is 0. The van der Waals surface area contributed by atoms with E-state index in [2.05, 4.69) is 31.1 Å². The van der Waals surface area contributed by atoms with Crippen molar-refractivity contribution < 1.29 is 4.79 Å². The highest BCUT2D eigenvalue weighted by molar-refractivity contribution is 5.91. The van der Waals surface area contributed by atoms with E-state index in [0.29, 0.717) is 24.7 Å². The maximum Gasteiger partial charge on any atom is 0.244 e. The number of nitrogens with one attached hydrogen (secondary N) is 3. The average Bonchev–Trinajstić information content (AvgIpc) is 2.72. The first-order valence-electron chi connectivity index (χ1n) is 8.97. The molecule has 0 saturated carbocycles. The molecular weight excluding hydrogens is 352 g/mol. The third-order valence-electron chi connectivity index (χ3n) is 3.95. The number of benzene rings is 1. The van der Waals surface area contributed by atoms with Gasteiger partial charge >= 0.3 is 0 Å². The van der Waals surface area contributed by atoms with Gasteiger partial charge in [0, 0.05) is 37.2 Å². The Hall–Kier alpha value is -3.74. The van der Waals surface area contributed by atoms with Gasteiger partial charge in [0.1, 0.15) is 5.82 Å².